The third-order valence-electron chi connectivity index (χ3n) is 2.51. The van der Waals surface area contributed by atoms with Crippen LogP contribution in [0.3, 0.4) is 0 Å². The molecule has 0 aliphatic rings. The Hall–Kier alpha value is -1.76. The van der Waals surface area contributed by atoms with Crippen LogP contribution in [0.5, 0.6) is 0 Å². The zero-order chi connectivity index (χ0) is 14.2. The van der Waals surface area contributed by atoms with Gasteiger partial charge in [0.2, 0.25) is 0 Å². The largest absolute Gasteiger partial charge is 0.462 e. The Morgan fingerprint density at radius 1 is 1.42 bits per heavy atom. The van der Waals surface area contributed by atoms with Crippen LogP contribution in [0.1, 0.15) is 22.2 Å². The maximum absolute atomic E-state index is 12.6. The first-order chi connectivity index (χ1) is 8.84. The highest BCUT2D eigenvalue weighted by atomic mass is 32.1. The molecule has 1 aromatic carbocycles. The fraction of sp³-hybridized carbons (Fsp3) is 0.250. The van der Waals surface area contributed by atoms with Crippen molar-refractivity contribution in [1.29, 1.82) is 0 Å². The Morgan fingerprint density at radius 2 is 2.11 bits per heavy atom. The number of rotatable bonds is 2. The van der Waals surface area contributed by atoms with E-state index in [-0.39, 0.29) is 22.6 Å². The monoisotopic (exact) mass is 289 g/mol. The second-order valence-electron chi connectivity index (χ2n) is 3.77. The average Bonchev–Trinajstić information content (AvgIpc) is 2.66. The highest BCUT2D eigenvalue weighted by Gasteiger charge is 2.31. The van der Waals surface area contributed by atoms with Gasteiger partial charge in [0.1, 0.15) is 4.88 Å². The standard InChI is InChI=1S/C12H10F3NO2S/c1-2-18-11(17)10-9(16)7-5-6(12(13,14)15)3-4-8(7)19-10/h3-5H,2,16H2,1H3. The molecular formula is C12H10F3NO2S. The summed E-state index contributed by atoms with van der Waals surface area (Å²) in [6.07, 6.45) is -4.44. The van der Waals surface area contributed by atoms with E-state index in [1.165, 1.54) is 6.07 Å². The molecule has 3 nitrogen and oxygen atoms in total. The number of esters is 1. The molecule has 0 aliphatic heterocycles. The lowest BCUT2D eigenvalue weighted by atomic mass is 10.1. The van der Waals surface area contributed by atoms with Gasteiger partial charge in [-0.25, -0.2) is 4.79 Å². The van der Waals surface area contributed by atoms with E-state index in [0.29, 0.717) is 4.70 Å². The van der Waals surface area contributed by atoms with Crippen LogP contribution < -0.4 is 5.73 Å². The molecule has 19 heavy (non-hydrogen) atoms. The number of hydrogen-bond donors (Lipinski definition) is 1. The van der Waals surface area contributed by atoms with Crippen molar-refractivity contribution >= 4 is 33.1 Å². The van der Waals surface area contributed by atoms with E-state index in [9.17, 15) is 18.0 Å². The van der Waals surface area contributed by atoms with E-state index in [1.54, 1.807) is 6.92 Å². The Kier molecular flexibility index (Phi) is 3.40. The van der Waals surface area contributed by atoms with Crippen LogP contribution in [0, 0.1) is 0 Å². The van der Waals surface area contributed by atoms with Gasteiger partial charge in [0, 0.05) is 10.1 Å². The van der Waals surface area contributed by atoms with E-state index in [2.05, 4.69) is 0 Å². The molecule has 7 heteroatoms. The van der Waals surface area contributed by atoms with E-state index in [1.807, 2.05) is 0 Å². The molecule has 0 unspecified atom stereocenters. The number of fused-ring (bicyclic) bond motifs is 1. The van der Waals surface area contributed by atoms with Gasteiger partial charge in [0.25, 0.3) is 0 Å². The lowest BCUT2D eigenvalue weighted by Gasteiger charge is -2.06. The zero-order valence-electron chi connectivity index (χ0n) is 9.88. The summed E-state index contributed by atoms with van der Waals surface area (Å²) in [4.78, 5) is 11.7. The number of nitrogens with two attached hydrogens (primary N) is 1. The van der Waals surface area contributed by atoms with Gasteiger partial charge in [-0.1, -0.05) is 0 Å². The highest BCUT2D eigenvalue weighted by molar-refractivity contribution is 7.21. The molecule has 0 radical (unpaired) electrons. The van der Waals surface area contributed by atoms with Crippen LogP contribution in [-0.2, 0) is 10.9 Å². The number of nitrogen functional groups attached to an aromatic ring is 1. The van der Waals surface area contributed by atoms with Gasteiger partial charge < -0.3 is 10.5 Å². The summed E-state index contributed by atoms with van der Waals surface area (Å²) in [5.74, 6) is -0.616. The van der Waals surface area contributed by atoms with Crippen LogP contribution in [-0.4, -0.2) is 12.6 Å². The van der Waals surface area contributed by atoms with Crippen molar-refractivity contribution < 1.29 is 22.7 Å². The summed E-state index contributed by atoms with van der Waals surface area (Å²) in [6, 6.07) is 3.22. The summed E-state index contributed by atoms with van der Waals surface area (Å²) in [5.41, 5.74) is 4.96. The maximum atomic E-state index is 12.6. The molecule has 0 bridgehead atoms. The van der Waals surface area contributed by atoms with Crippen molar-refractivity contribution in [2.75, 3.05) is 12.3 Å². The number of carbonyl (C=O) groups excluding carboxylic acids is 1. The number of alkyl halides is 3. The normalized spacial score (nSPS) is 11.8. The molecule has 0 saturated carbocycles. The van der Waals surface area contributed by atoms with Crippen LogP contribution >= 0.6 is 11.3 Å². The average molecular weight is 289 g/mol. The molecular weight excluding hydrogens is 279 g/mol. The Labute approximate surface area is 110 Å². The molecule has 0 spiro atoms. The van der Waals surface area contributed by atoms with Crippen LogP contribution in [0.4, 0.5) is 18.9 Å². The summed E-state index contributed by atoms with van der Waals surface area (Å²) in [5, 5.41) is 0.225. The third-order valence-corrected chi connectivity index (χ3v) is 3.68. The minimum Gasteiger partial charge on any atom is -0.462 e. The molecule has 1 aromatic heterocycles. The Balaban J connectivity index is 2.55. The van der Waals surface area contributed by atoms with Crippen molar-refractivity contribution in [3.8, 4) is 0 Å². The summed E-state index contributed by atoms with van der Waals surface area (Å²) < 4.78 is 43.1. The lowest BCUT2D eigenvalue weighted by molar-refractivity contribution is -0.137. The number of carbonyl (C=O) groups is 1. The topological polar surface area (TPSA) is 52.3 Å². The molecule has 2 N–H and O–H groups in total. The van der Waals surface area contributed by atoms with Crippen molar-refractivity contribution in [1.82, 2.24) is 0 Å². The summed E-state index contributed by atoms with van der Waals surface area (Å²) in [7, 11) is 0. The lowest BCUT2D eigenvalue weighted by Crippen LogP contribution is -2.05. The van der Waals surface area contributed by atoms with E-state index in [4.69, 9.17) is 10.5 Å². The smallest absolute Gasteiger partial charge is 0.416 e. The highest BCUT2D eigenvalue weighted by Crippen LogP contribution is 2.38. The van der Waals surface area contributed by atoms with Gasteiger partial charge >= 0.3 is 12.1 Å². The van der Waals surface area contributed by atoms with Gasteiger partial charge in [-0.3, -0.25) is 0 Å². The van der Waals surface area contributed by atoms with Crippen LogP contribution in [0.2, 0.25) is 0 Å². The van der Waals surface area contributed by atoms with Crippen molar-refractivity contribution in [2.45, 2.75) is 13.1 Å². The first-order valence-corrected chi connectivity index (χ1v) is 6.22. The van der Waals surface area contributed by atoms with Gasteiger partial charge in [0.15, 0.2) is 0 Å². The first kappa shape index (κ1) is 13.7. The van der Waals surface area contributed by atoms with Gasteiger partial charge in [-0.15, -0.1) is 11.3 Å². The number of anilines is 1. The second kappa shape index (κ2) is 4.73. The van der Waals surface area contributed by atoms with Gasteiger partial charge in [-0.05, 0) is 25.1 Å². The number of benzene rings is 1. The predicted molar refractivity (Wildman–Crippen MR) is 67.2 cm³/mol. The molecule has 0 saturated heterocycles. The summed E-state index contributed by atoms with van der Waals surface area (Å²) >= 11 is 1.02. The van der Waals surface area contributed by atoms with Gasteiger partial charge in [0.05, 0.1) is 17.9 Å². The van der Waals surface area contributed by atoms with E-state index in [0.717, 1.165) is 23.5 Å². The zero-order valence-corrected chi connectivity index (χ0v) is 10.7. The Bertz CT molecular complexity index is 634. The molecule has 0 aliphatic carbocycles. The quantitative estimate of drug-likeness (QED) is 0.858. The minimum atomic E-state index is -4.44. The number of halogens is 3. The molecule has 2 aromatic rings. The summed E-state index contributed by atoms with van der Waals surface area (Å²) in [6.45, 7) is 1.82. The fourth-order valence-corrected chi connectivity index (χ4v) is 2.64. The molecule has 0 atom stereocenters. The number of ether oxygens (including phenoxy) is 1. The van der Waals surface area contributed by atoms with Gasteiger partial charge in [-0.2, -0.15) is 13.2 Å². The van der Waals surface area contributed by atoms with Crippen LogP contribution in [0.15, 0.2) is 18.2 Å². The van der Waals surface area contributed by atoms with Crippen molar-refractivity contribution in [3.05, 3.63) is 28.6 Å². The molecule has 2 rings (SSSR count). The van der Waals surface area contributed by atoms with E-state index < -0.39 is 17.7 Å². The molecule has 102 valence electrons. The molecule has 0 amide bonds. The van der Waals surface area contributed by atoms with Crippen LogP contribution in [0.25, 0.3) is 10.1 Å². The molecule has 0 fully saturated rings. The van der Waals surface area contributed by atoms with Crippen molar-refractivity contribution in [2.24, 2.45) is 0 Å². The van der Waals surface area contributed by atoms with E-state index >= 15 is 0 Å². The predicted octanol–water partition coefficient (Wildman–Crippen LogP) is 3.68. The first-order valence-electron chi connectivity index (χ1n) is 5.41. The number of thiophene rings is 1. The SMILES string of the molecule is CCOC(=O)c1sc2ccc(C(F)(F)F)cc2c1N. The van der Waals surface area contributed by atoms with Crippen molar-refractivity contribution in [3.63, 3.8) is 0 Å². The number of hydrogen-bond acceptors (Lipinski definition) is 4. The Morgan fingerprint density at radius 3 is 2.68 bits per heavy atom. The fourth-order valence-electron chi connectivity index (χ4n) is 1.64. The second-order valence-corrected chi connectivity index (χ2v) is 4.83. The third kappa shape index (κ3) is 2.51. The maximum Gasteiger partial charge on any atom is 0.416 e. The molecule has 1 heterocycles. The minimum absolute atomic E-state index is 0.0320.